The number of rotatable bonds is 6. The average Bonchev–Trinajstić information content (AvgIpc) is 3.36. The molecular weight excluding hydrogens is 390 g/mol. The van der Waals surface area contributed by atoms with Gasteiger partial charge in [0, 0.05) is 17.5 Å². The zero-order chi connectivity index (χ0) is 20.0. The van der Waals surface area contributed by atoms with Crippen LogP contribution in [0, 0.1) is 11.8 Å². The number of carbonyl (C=O) groups excluding carboxylic acids is 1. The van der Waals surface area contributed by atoms with E-state index in [1.54, 1.807) is 11.3 Å². The maximum absolute atomic E-state index is 13.5. The van der Waals surface area contributed by atoms with Gasteiger partial charge in [-0.1, -0.05) is 32.5 Å². The van der Waals surface area contributed by atoms with E-state index < -0.39 is 0 Å². The second-order valence-electron chi connectivity index (χ2n) is 8.78. The summed E-state index contributed by atoms with van der Waals surface area (Å²) in [6.07, 6.45) is 5.30. The van der Waals surface area contributed by atoms with Gasteiger partial charge in [0.2, 0.25) is 5.91 Å². The molecule has 2 atom stereocenters. The molecule has 2 aliphatic carbocycles. The Morgan fingerprint density at radius 3 is 2.75 bits per heavy atom. The van der Waals surface area contributed by atoms with Crippen LogP contribution in [0.15, 0.2) is 9.95 Å². The predicted octanol–water partition coefficient (Wildman–Crippen LogP) is 4.00. The highest BCUT2D eigenvalue weighted by Crippen LogP contribution is 2.37. The Morgan fingerprint density at radius 1 is 1.32 bits per heavy atom. The van der Waals surface area contributed by atoms with Gasteiger partial charge in [-0.15, -0.1) is 11.3 Å². The van der Waals surface area contributed by atoms with Crippen molar-refractivity contribution in [3.63, 3.8) is 0 Å². The Labute approximate surface area is 174 Å². The molecule has 2 heterocycles. The second kappa shape index (κ2) is 7.82. The number of nitrogens with zero attached hydrogens (tertiary/aromatic N) is 2. The maximum atomic E-state index is 13.5. The molecule has 152 valence electrons. The van der Waals surface area contributed by atoms with Crippen molar-refractivity contribution in [2.75, 3.05) is 0 Å². The first-order chi connectivity index (χ1) is 13.3. The van der Waals surface area contributed by atoms with E-state index in [0.717, 1.165) is 42.3 Å². The molecule has 2 aromatic rings. The number of amides is 1. The molecule has 0 aliphatic heterocycles. The molecule has 2 aliphatic rings. The van der Waals surface area contributed by atoms with Crippen molar-refractivity contribution in [3.05, 3.63) is 20.8 Å². The van der Waals surface area contributed by atoms with Crippen LogP contribution in [0.2, 0.25) is 0 Å². The van der Waals surface area contributed by atoms with Crippen LogP contribution in [-0.2, 0) is 24.2 Å². The van der Waals surface area contributed by atoms with Crippen LogP contribution in [-0.4, -0.2) is 26.8 Å². The van der Waals surface area contributed by atoms with Crippen molar-refractivity contribution in [2.45, 2.75) is 82.8 Å². The number of fused-ring (bicyclic) bond motifs is 3. The van der Waals surface area contributed by atoms with Gasteiger partial charge in [-0.05, 0) is 56.4 Å². The van der Waals surface area contributed by atoms with Gasteiger partial charge in [-0.2, -0.15) is 0 Å². The Hall–Kier alpha value is -1.34. The van der Waals surface area contributed by atoms with Gasteiger partial charge in [0.1, 0.15) is 4.83 Å². The van der Waals surface area contributed by atoms with E-state index in [4.69, 9.17) is 4.98 Å². The number of aromatic nitrogens is 2. The van der Waals surface area contributed by atoms with E-state index in [-0.39, 0.29) is 16.7 Å². The summed E-state index contributed by atoms with van der Waals surface area (Å²) in [5.41, 5.74) is 1.30. The molecule has 4 rings (SSSR count). The number of thiophene rings is 1. The van der Waals surface area contributed by atoms with Gasteiger partial charge in [-0.25, -0.2) is 4.98 Å². The molecule has 0 saturated heterocycles. The summed E-state index contributed by atoms with van der Waals surface area (Å²) >= 11 is 3.09. The lowest BCUT2D eigenvalue weighted by Gasteiger charge is -2.18. The first-order valence-electron chi connectivity index (χ1n) is 10.4. The third-order valence-electron chi connectivity index (χ3n) is 5.50. The van der Waals surface area contributed by atoms with Crippen LogP contribution in [0.4, 0.5) is 0 Å². The number of aryl methyl sites for hydroxylation is 1. The van der Waals surface area contributed by atoms with E-state index in [9.17, 15) is 9.59 Å². The van der Waals surface area contributed by atoms with Crippen molar-refractivity contribution >= 4 is 39.2 Å². The third kappa shape index (κ3) is 4.01. The lowest BCUT2D eigenvalue weighted by Crippen LogP contribution is -2.33. The lowest BCUT2D eigenvalue weighted by atomic mass is 9.89. The number of hydrogen-bond donors (Lipinski definition) is 1. The van der Waals surface area contributed by atoms with E-state index in [1.165, 1.54) is 22.2 Å². The highest BCUT2D eigenvalue weighted by atomic mass is 32.2. The minimum absolute atomic E-state index is 0.0391. The summed E-state index contributed by atoms with van der Waals surface area (Å²) in [5, 5.41) is 4.30. The Morgan fingerprint density at radius 2 is 2.07 bits per heavy atom. The number of hydrogen-bond acceptors (Lipinski definition) is 5. The number of nitrogens with one attached hydrogen (secondary N) is 1. The molecule has 1 N–H and O–H groups in total. The number of carbonyl (C=O) groups is 1. The molecule has 1 fully saturated rings. The zero-order valence-corrected chi connectivity index (χ0v) is 18.7. The maximum Gasteiger partial charge on any atom is 0.263 e. The van der Waals surface area contributed by atoms with Gasteiger partial charge >= 0.3 is 0 Å². The number of thioether (sulfide) groups is 1. The van der Waals surface area contributed by atoms with Gasteiger partial charge in [0.15, 0.2) is 5.16 Å². The molecule has 0 spiro atoms. The molecule has 5 nitrogen and oxygen atoms in total. The molecule has 1 amide bonds. The molecule has 28 heavy (non-hydrogen) atoms. The molecule has 2 aromatic heterocycles. The van der Waals surface area contributed by atoms with Crippen LogP contribution >= 0.6 is 23.1 Å². The van der Waals surface area contributed by atoms with Crippen LogP contribution in [0.3, 0.4) is 0 Å². The zero-order valence-electron chi connectivity index (χ0n) is 17.1. The summed E-state index contributed by atoms with van der Waals surface area (Å²) in [6.45, 7) is 9.03. The first kappa shape index (κ1) is 20.0. The molecule has 1 saturated carbocycles. The molecule has 0 aromatic carbocycles. The molecule has 0 unspecified atom stereocenters. The average molecular weight is 420 g/mol. The Bertz CT molecular complexity index is 959. The summed E-state index contributed by atoms with van der Waals surface area (Å²) in [7, 11) is 0. The fraction of sp³-hybridized carbons (Fsp3) is 0.667. The smallest absolute Gasteiger partial charge is 0.263 e. The molecular formula is C21H29N3O2S2. The second-order valence-corrected chi connectivity index (χ2v) is 11.2. The Balaban J connectivity index is 1.73. The molecule has 0 bridgehead atoms. The molecule has 7 heteroatoms. The van der Waals surface area contributed by atoms with E-state index in [0.29, 0.717) is 29.6 Å². The molecule has 0 radical (unpaired) electrons. The fourth-order valence-corrected chi connectivity index (χ4v) is 6.13. The van der Waals surface area contributed by atoms with E-state index >= 15 is 0 Å². The normalized spacial score (nSPS) is 20.4. The van der Waals surface area contributed by atoms with Crippen molar-refractivity contribution in [1.82, 2.24) is 14.9 Å². The quantitative estimate of drug-likeness (QED) is 0.568. The SMILES string of the molecule is CC(C)Cn1c(S[C@H](C)C(=O)NC2CC2)nc2sc3c(c2c1=O)CC[C@H](C)C3. The minimum atomic E-state index is -0.266. The van der Waals surface area contributed by atoms with Crippen LogP contribution in [0.25, 0.3) is 10.2 Å². The summed E-state index contributed by atoms with van der Waals surface area (Å²) in [5.74, 6) is 1.04. The van der Waals surface area contributed by atoms with Crippen LogP contribution < -0.4 is 10.9 Å². The summed E-state index contributed by atoms with van der Waals surface area (Å²) in [6, 6.07) is 0.342. The van der Waals surface area contributed by atoms with Gasteiger partial charge < -0.3 is 5.32 Å². The van der Waals surface area contributed by atoms with Gasteiger partial charge in [0.05, 0.1) is 10.6 Å². The first-order valence-corrected chi connectivity index (χ1v) is 12.0. The van der Waals surface area contributed by atoms with Crippen molar-refractivity contribution in [1.29, 1.82) is 0 Å². The van der Waals surface area contributed by atoms with Gasteiger partial charge in [-0.3, -0.25) is 14.2 Å². The topological polar surface area (TPSA) is 64.0 Å². The fourth-order valence-electron chi connectivity index (χ4n) is 3.78. The lowest BCUT2D eigenvalue weighted by molar-refractivity contribution is -0.120. The van der Waals surface area contributed by atoms with Crippen LogP contribution in [0.1, 0.15) is 57.4 Å². The van der Waals surface area contributed by atoms with Crippen molar-refractivity contribution in [2.24, 2.45) is 11.8 Å². The van der Waals surface area contributed by atoms with E-state index in [1.807, 2.05) is 11.5 Å². The van der Waals surface area contributed by atoms with Crippen molar-refractivity contribution in [3.8, 4) is 0 Å². The monoisotopic (exact) mass is 419 g/mol. The Kier molecular flexibility index (Phi) is 5.58. The standard InChI is InChI=1S/C21H29N3O2S2/c1-11(2)10-24-20(26)17-15-8-5-12(3)9-16(15)28-19(17)23-21(24)27-13(4)18(25)22-14-6-7-14/h11-14H,5-10H2,1-4H3,(H,22,25)/t12-,13+/m0/s1. The third-order valence-corrected chi connectivity index (χ3v) is 7.74. The highest BCUT2D eigenvalue weighted by molar-refractivity contribution is 8.00. The summed E-state index contributed by atoms with van der Waals surface area (Å²) in [4.78, 5) is 33.0. The van der Waals surface area contributed by atoms with Crippen LogP contribution in [0.5, 0.6) is 0 Å². The summed E-state index contributed by atoms with van der Waals surface area (Å²) < 4.78 is 1.81. The van der Waals surface area contributed by atoms with Crippen molar-refractivity contribution < 1.29 is 4.79 Å². The highest BCUT2D eigenvalue weighted by Gasteiger charge is 2.28. The largest absolute Gasteiger partial charge is 0.352 e. The minimum Gasteiger partial charge on any atom is -0.352 e. The van der Waals surface area contributed by atoms with Gasteiger partial charge in [0.25, 0.3) is 5.56 Å². The van der Waals surface area contributed by atoms with E-state index in [2.05, 4.69) is 26.1 Å². The predicted molar refractivity (Wildman–Crippen MR) is 116 cm³/mol.